The standard InChI is InChI=1S/C23H22N8/c1-30-11-13-31(14-12-30)19-4-2-3-17-20(19)27-23(26-17)22-21-18(28-29-22)6-5-16(25-21)15-7-9-24-10-8-15/h2-10H,11-14H2,1H3,(H,26,27)(H,28,29). The Morgan fingerprint density at radius 2 is 1.68 bits per heavy atom. The van der Waals surface area contributed by atoms with E-state index in [1.807, 2.05) is 24.3 Å². The summed E-state index contributed by atoms with van der Waals surface area (Å²) in [7, 11) is 2.17. The number of aromatic nitrogens is 6. The van der Waals surface area contributed by atoms with E-state index in [4.69, 9.17) is 9.97 Å². The largest absolute Gasteiger partial charge is 0.367 e. The Kier molecular flexibility index (Phi) is 4.17. The van der Waals surface area contributed by atoms with Gasteiger partial charge < -0.3 is 14.8 Å². The van der Waals surface area contributed by atoms with Gasteiger partial charge in [0.05, 0.1) is 22.4 Å². The monoisotopic (exact) mass is 410 g/mol. The molecule has 0 unspecified atom stereocenters. The molecule has 0 amide bonds. The Morgan fingerprint density at radius 3 is 2.52 bits per heavy atom. The molecule has 1 aliphatic rings. The van der Waals surface area contributed by atoms with E-state index in [0.717, 1.165) is 71.0 Å². The molecule has 0 atom stereocenters. The maximum Gasteiger partial charge on any atom is 0.161 e. The summed E-state index contributed by atoms with van der Waals surface area (Å²) in [6, 6.07) is 14.2. The van der Waals surface area contributed by atoms with Crippen LogP contribution in [0.5, 0.6) is 0 Å². The van der Waals surface area contributed by atoms with Crippen molar-refractivity contribution < 1.29 is 0 Å². The van der Waals surface area contributed by atoms with Gasteiger partial charge in [-0.25, -0.2) is 9.97 Å². The van der Waals surface area contributed by atoms with Crippen LogP contribution in [0.25, 0.3) is 44.8 Å². The van der Waals surface area contributed by atoms with Crippen LogP contribution in [0.3, 0.4) is 0 Å². The smallest absolute Gasteiger partial charge is 0.161 e. The lowest BCUT2D eigenvalue weighted by Gasteiger charge is -2.34. The van der Waals surface area contributed by atoms with Crippen molar-refractivity contribution in [2.75, 3.05) is 38.1 Å². The van der Waals surface area contributed by atoms with Gasteiger partial charge in [-0.3, -0.25) is 10.1 Å². The van der Waals surface area contributed by atoms with Gasteiger partial charge in [-0.15, -0.1) is 0 Å². The molecule has 0 saturated carbocycles. The van der Waals surface area contributed by atoms with Gasteiger partial charge in [-0.1, -0.05) is 6.07 Å². The third-order valence-electron chi connectivity index (χ3n) is 5.94. The number of likely N-dealkylation sites (N-methyl/N-ethyl adjacent to an activating group) is 1. The van der Waals surface area contributed by atoms with Crippen LogP contribution < -0.4 is 4.90 Å². The van der Waals surface area contributed by atoms with Crippen LogP contribution in [-0.4, -0.2) is 68.3 Å². The highest BCUT2D eigenvalue weighted by Crippen LogP contribution is 2.31. The summed E-state index contributed by atoms with van der Waals surface area (Å²) in [5, 5.41) is 7.63. The van der Waals surface area contributed by atoms with Crippen molar-refractivity contribution in [1.82, 2.24) is 35.0 Å². The van der Waals surface area contributed by atoms with E-state index >= 15 is 0 Å². The predicted octanol–water partition coefficient (Wildman–Crippen LogP) is 3.32. The molecule has 154 valence electrons. The van der Waals surface area contributed by atoms with E-state index in [-0.39, 0.29) is 0 Å². The quantitative estimate of drug-likeness (QED) is 0.474. The molecule has 1 saturated heterocycles. The Morgan fingerprint density at radius 1 is 0.839 bits per heavy atom. The SMILES string of the molecule is CN1CCN(c2cccc3[nH]c(-c4n[nH]c5ccc(-c6ccncc6)nc45)nc23)CC1. The van der Waals surface area contributed by atoms with Crippen molar-refractivity contribution in [3.8, 4) is 22.8 Å². The number of imidazole rings is 1. The molecule has 1 aliphatic heterocycles. The lowest BCUT2D eigenvalue weighted by molar-refractivity contribution is 0.313. The molecule has 0 radical (unpaired) electrons. The average molecular weight is 410 g/mol. The van der Waals surface area contributed by atoms with Gasteiger partial charge in [0.25, 0.3) is 0 Å². The minimum atomic E-state index is 0.724. The molecule has 31 heavy (non-hydrogen) atoms. The second-order valence-electron chi connectivity index (χ2n) is 7.95. The minimum absolute atomic E-state index is 0.724. The molecular formula is C23H22N8. The maximum absolute atomic E-state index is 4.96. The van der Waals surface area contributed by atoms with Gasteiger partial charge >= 0.3 is 0 Å². The molecule has 5 aromatic rings. The number of H-pyrrole nitrogens is 2. The fraction of sp³-hybridized carbons (Fsp3) is 0.217. The van der Waals surface area contributed by atoms with Gasteiger partial charge in [0, 0.05) is 44.1 Å². The fourth-order valence-electron chi connectivity index (χ4n) is 4.18. The summed E-state index contributed by atoms with van der Waals surface area (Å²) in [5.41, 5.74) is 7.46. The number of hydrogen-bond donors (Lipinski definition) is 2. The highest BCUT2D eigenvalue weighted by molar-refractivity contribution is 5.95. The zero-order chi connectivity index (χ0) is 20.8. The number of para-hydroxylation sites is 1. The second-order valence-corrected chi connectivity index (χ2v) is 7.95. The summed E-state index contributed by atoms with van der Waals surface area (Å²) in [6.45, 7) is 4.11. The van der Waals surface area contributed by atoms with Gasteiger partial charge in [0.15, 0.2) is 11.5 Å². The third-order valence-corrected chi connectivity index (χ3v) is 5.94. The Labute approximate surface area is 179 Å². The number of aromatic amines is 2. The predicted molar refractivity (Wildman–Crippen MR) is 122 cm³/mol. The molecule has 0 bridgehead atoms. The van der Waals surface area contributed by atoms with Gasteiger partial charge in [-0.05, 0) is 43.4 Å². The first-order valence-corrected chi connectivity index (χ1v) is 10.4. The Bertz CT molecular complexity index is 1360. The number of nitrogens with one attached hydrogen (secondary N) is 2. The van der Waals surface area contributed by atoms with Crippen LogP contribution >= 0.6 is 0 Å². The van der Waals surface area contributed by atoms with Crippen LogP contribution in [0.15, 0.2) is 54.9 Å². The molecule has 1 fully saturated rings. The first kappa shape index (κ1) is 18.0. The maximum atomic E-state index is 4.96. The topological polar surface area (TPSA) is 89.6 Å². The van der Waals surface area contributed by atoms with E-state index in [1.54, 1.807) is 12.4 Å². The first-order chi connectivity index (χ1) is 15.3. The van der Waals surface area contributed by atoms with E-state index in [1.165, 1.54) is 5.69 Å². The molecule has 5 heterocycles. The molecule has 8 heteroatoms. The number of fused-ring (bicyclic) bond motifs is 2. The van der Waals surface area contributed by atoms with Gasteiger partial charge in [-0.2, -0.15) is 5.10 Å². The second kappa shape index (κ2) is 7.17. The number of piperazine rings is 1. The number of hydrogen-bond acceptors (Lipinski definition) is 6. The number of rotatable bonds is 3. The lowest BCUT2D eigenvalue weighted by Crippen LogP contribution is -2.44. The zero-order valence-corrected chi connectivity index (χ0v) is 17.2. The molecule has 2 N–H and O–H groups in total. The average Bonchev–Trinajstić information content (AvgIpc) is 3.43. The Balaban J connectivity index is 1.44. The highest BCUT2D eigenvalue weighted by Gasteiger charge is 2.20. The molecule has 4 aromatic heterocycles. The van der Waals surface area contributed by atoms with Crippen LogP contribution in [0.2, 0.25) is 0 Å². The van der Waals surface area contributed by atoms with Crippen molar-refractivity contribution in [1.29, 1.82) is 0 Å². The van der Waals surface area contributed by atoms with E-state index in [0.29, 0.717) is 0 Å². The van der Waals surface area contributed by atoms with Crippen molar-refractivity contribution in [2.24, 2.45) is 0 Å². The van der Waals surface area contributed by atoms with Crippen molar-refractivity contribution in [3.05, 3.63) is 54.9 Å². The molecule has 0 aliphatic carbocycles. The number of nitrogens with zero attached hydrogens (tertiary/aromatic N) is 6. The molecular weight excluding hydrogens is 388 g/mol. The minimum Gasteiger partial charge on any atom is -0.367 e. The molecule has 6 rings (SSSR count). The number of anilines is 1. The normalized spacial score (nSPS) is 15.2. The van der Waals surface area contributed by atoms with E-state index in [9.17, 15) is 0 Å². The van der Waals surface area contributed by atoms with E-state index in [2.05, 4.69) is 55.2 Å². The van der Waals surface area contributed by atoms with Gasteiger partial charge in [0.2, 0.25) is 0 Å². The van der Waals surface area contributed by atoms with Crippen LogP contribution in [-0.2, 0) is 0 Å². The van der Waals surface area contributed by atoms with E-state index < -0.39 is 0 Å². The number of benzene rings is 1. The lowest BCUT2D eigenvalue weighted by atomic mass is 10.1. The van der Waals surface area contributed by atoms with Crippen molar-refractivity contribution >= 4 is 27.8 Å². The number of pyridine rings is 2. The molecule has 1 aromatic carbocycles. The summed E-state index contributed by atoms with van der Waals surface area (Å²) in [5.74, 6) is 0.724. The third kappa shape index (κ3) is 3.12. The summed E-state index contributed by atoms with van der Waals surface area (Å²) in [4.78, 5) is 22.2. The van der Waals surface area contributed by atoms with Gasteiger partial charge in [0.1, 0.15) is 11.0 Å². The van der Waals surface area contributed by atoms with Crippen LogP contribution in [0, 0.1) is 0 Å². The highest BCUT2D eigenvalue weighted by atomic mass is 15.3. The summed E-state index contributed by atoms with van der Waals surface area (Å²) < 4.78 is 0. The van der Waals surface area contributed by atoms with Crippen LogP contribution in [0.4, 0.5) is 5.69 Å². The zero-order valence-electron chi connectivity index (χ0n) is 17.2. The van der Waals surface area contributed by atoms with Crippen molar-refractivity contribution in [2.45, 2.75) is 0 Å². The first-order valence-electron chi connectivity index (χ1n) is 10.4. The summed E-state index contributed by atoms with van der Waals surface area (Å²) in [6.07, 6.45) is 3.55. The van der Waals surface area contributed by atoms with Crippen LogP contribution in [0.1, 0.15) is 0 Å². The molecule has 0 spiro atoms. The fourth-order valence-corrected chi connectivity index (χ4v) is 4.18. The Hall–Kier alpha value is -3.78. The summed E-state index contributed by atoms with van der Waals surface area (Å²) >= 11 is 0. The molecule has 8 nitrogen and oxygen atoms in total. The van der Waals surface area contributed by atoms with Crippen molar-refractivity contribution in [3.63, 3.8) is 0 Å².